The minimum atomic E-state index is -0.197. The van der Waals surface area contributed by atoms with Crippen LogP contribution in [0.4, 0.5) is 0 Å². The Morgan fingerprint density at radius 3 is 2.00 bits per heavy atom. The van der Waals surface area contributed by atoms with Gasteiger partial charge in [0.25, 0.3) is 0 Å². The van der Waals surface area contributed by atoms with E-state index in [2.05, 4.69) is 4.74 Å². The summed E-state index contributed by atoms with van der Waals surface area (Å²) in [6.45, 7) is 8.13. The van der Waals surface area contributed by atoms with Crippen LogP contribution in [0.15, 0.2) is 0 Å². The molecule has 0 N–H and O–H groups in total. The van der Waals surface area contributed by atoms with Crippen LogP contribution in [0.1, 0.15) is 40.5 Å². The standard InChI is InChI=1S/C11H22O3/c1-10(2,7-9(12)13-5)8-11(3,4)14-6/h7-8H2,1-6H3. The van der Waals surface area contributed by atoms with Crippen molar-refractivity contribution in [2.45, 2.75) is 46.1 Å². The van der Waals surface area contributed by atoms with E-state index in [0.717, 1.165) is 6.42 Å². The summed E-state index contributed by atoms with van der Waals surface area (Å²) in [6.07, 6.45) is 1.25. The maximum atomic E-state index is 11.1. The van der Waals surface area contributed by atoms with Gasteiger partial charge in [-0.25, -0.2) is 0 Å². The van der Waals surface area contributed by atoms with Crippen molar-refractivity contribution < 1.29 is 14.3 Å². The van der Waals surface area contributed by atoms with Crippen LogP contribution < -0.4 is 0 Å². The van der Waals surface area contributed by atoms with E-state index in [-0.39, 0.29) is 17.0 Å². The third kappa shape index (κ3) is 5.22. The molecule has 3 nitrogen and oxygen atoms in total. The maximum absolute atomic E-state index is 11.1. The summed E-state index contributed by atoms with van der Waals surface area (Å²) < 4.78 is 9.99. The molecule has 0 amide bonds. The zero-order chi connectivity index (χ0) is 11.4. The van der Waals surface area contributed by atoms with Crippen molar-refractivity contribution in [1.82, 2.24) is 0 Å². The molecule has 0 unspecified atom stereocenters. The smallest absolute Gasteiger partial charge is 0.306 e. The summed E-state index contributed by atoms with van der Waals surface area (Å²) in [5.74, 6) is -0.165. The van der Waals surface area contributed by atoms with Gasteiger partial charge < -0.3 is 9.47 Å². The number of hydrogen-bond acceptors (Lipinski definition) is 3. The Balaban J connectivity index is 4.26. The van der Waals surface area contributed by atoms with E-state index >= 15 is 0 Å². The molecule has 0 aromatic rings. The van der Waals surface area contributed by atoms with Crippen LogP contribution in [-0.4, -0.2) is 25.8 Å². The molecule has 0 aliphatic rings. The Morgan fingerprint density at radius 2 is 1.64 bits per heavy atom. The Bertz CT molecular complexity index is 195. The van der Waals surface area contributed by atoms with Crippen LogP contribution in [0.25, 0.3) is 0 Å². The number of ether oxygens (including phenoxy) is 2. The van der Waals surface area contributed by atoms with Crippen LogP contribution in [0.2, 0.25) is 0 Å². The fourth-order valence-electron chi connectivity index (χ4n) is 1.75. The highest BCUT2D eigenvalue weighted by atomic mass is 16.5. The van der Waals surface area contributed by atoms with E-state index in [1.807, 2.05) is 27.7 Å². The predicted molar refractivity (Wildman–Crippen MR) is 56.1 cm³/mol. The lowest BCUT2D eigenvalue weighted by molar-refractivity contribution is -0.143. The molecule has 0 rings (SSSR count). The second-order valence-corrected chi connectivity index (χ2v) is 5.06. The molecule has 3 heteroatoms. The van der Waals surface area contributed by atoms with Crippen molar-refractivity contribution in [2.24, 2.45) is 5.41 Å². The Kier molecular flexibility index (Phi) is 4.59. The van der Waals surface area contributed by atoms with E-state index in [4.69, 9.17) is 4.74 Å². The molecule has 0 heterocycles. The van der Waals surface area contributed by atoms with Gasteiger partial charge in [-0.15, -0.1) is 0 Å². The molecule has 0 aromatic carbocycles. The van der Waals surface area contributed by atoms with Gasteiger partial charge in [0.15, 0.2) is 0 Å². The molecule has 0 aliphatic heterocycles. The van der Waals surface area contributed by atoms with Crippen molar-refractivity contribution in [3.05, 3.63) is 0 Å². The first kappa shape index (κ1) is 13.4. The molecule has 0 saturated heterocycles. The number of methoxy groups -OCH3 is 2. The van der Waals surface area contributed by atoms with E-state index in [0.29, 0.717) is 6.42 Å². The summed E-state index contributed by atoms with van der Waals surface area (Å²) in [5.41, 5.74) is -0.288. The SMILES string of the molecule is COC(=O)CC(C)(C)CC(C)(C)OC. The van der Waals surface area contributed by atoms with Crippen molar-refractivity contribution in [1.29, 1.82) is 0 Å². The van der Waals surface area contributed by atoms with Crippen LogP contribution in [-0.2, 0) is 14.3 Å². The zero-order valence-electron chi connectivity index (χ0n) is 10.1. The quantitative estimate of drug-likeness (QED) is 0.642. The van der Waals surface area contributed by atoms with Gasteiger partial charge in [-0.2, -0.15) is 0 Å². The molecular weight excluding hydrogens is 180 g/mol. The molecular formula is C11H22O3. The minimum Gasteiger partial charge on any atom is -0.469 e. The normalized spacial score (nSPS) is 12.7. The summed E-state index contributed by atoms with van der Waals surface area (Å²) >= 11 is 0. The number of hydrogen-bond donors (Lipinski definition) is 0. The van der Waals surface area contributed by atoms with Crippen molar-refractivity contribution in [3.8, 4) is 0 Å². The summed E-state index contributed by atoms with van der Waals surface area (Å²) in [5, 5.41) is 0. The number of rotatable bonds is 5. The lowest BCUT2D eigenvalue weighted by atomic mass is 9.79. The van der Waals surface area contributed by atoms with E-state index < -0.39 is 0 Å². The largest absolute Gasteiger partial charge is 0.469 e. The van der Waals surface area contributed by atoms with Crippen molar-refractivity contribution >= 4 is 5.97 Å². The van der Waals surface area contributed by atoms with Gasteiger partial charge in [-0.3, -0.25) is 4.79 Å². The topological polar surface area (TPSA) is 35.5 Å². The maximum Gasteiger partial charge on any atom is 0.306 e. The monoisotopic (exact) mass is 202 g/mol. The van der Waals surface area contributed by atoms with Gasteiger partial charge in [0.1, 0.15) is 0 Å². The third-order valence-corrected chi connectivity index (χ3v) is 2.31. The van der Waals surface area contributed by atoms with E-state index in [1.54, 1.807) is 7.11 Å². The molecule has 0 spiro atoms. The van der Waals surface area contributed by atoms with Crippen LogP contribution in [0.5, 0.6) is 0 Å². The highest BCUT2D eigenvalue weighted by molar-refractivity contribution is 5.69. The van der Waals surface area contributed by atoms with Crippen molar-refractivity contribution in [2.75, 3.05) is 14.2 Å². The molecule has 0 aliphatic carbocycles. The fraction of sp³-hybridized carbons (Fsp3) is 0.909. The predicted octanol–water partition coefficient (Wildman–Crippen LogP) is 2.39. The first-order valence-electron chi connectivity index (χ1n) is 4.84. The first-order chi connectivity index (χ1) is 6.22. The zero-order valence-corrected chi connectivity index (χ0v) is 10.1. The number of carbonyl (C=O) groups is 1. The fourth-order valence-corrected chi connectivity index (χ4v) is 1.75. The third-order valence-electron chi connectivity index (χ3n) is 2.31. The van der Waals surface area contributed by atoms with Crippen LogP contribution >= 0.6 is 0 Å². The highest BCUT2D eigenvalue weighted by Gasteiger charge is 2.30. The van der Waals surface area contributed by atoms with Gasteiger partial charge >= 0.3 is 5.97 Å². The van der Waals surface area contributed by atoms with Gasteiger partial charge in [-0.05, 0) is 25.7 Å². The first-order valence-corrected chi connectivity index (χ1v) is 4.84. The van der Waals surface area contributed by atoms with Gasteiger partial charge in [-0.1, -0.05) is 13.8 Å². The van der Waals surface area contributed by atoms with Crippen LogP contribution in [0, 0.1) is 5.41 Å². The molecule has 14 heavy (non-hydrogen) atoms. The number of esters is 1. The Morgan fingerprint density at radius 1 is 1.14 bits per heavy atom. The lowest BCUT2D eigenvalue weighted by Gasteiger charge is -2.33. The summed E-state index contributed by atoms with van der Waals surface area (Å²) in [6, 6.07) is 0. The Hall–Kier alpha value is -0.570. The van der Waals surface area contributed by atoms with Crippen molar-refractivity contribution in [3.63, 3.8) is 0 Å². The Labute approximate surface area is 86.8 Å². The highest BCUT2D eigenvalue weighted by Crippen LogP contribution is 2.32. The molecule has 0 atom stereocenters. The number of carbonyl (C=O) groups excluding carboxylic acids is 1. The van der Waals surface area contributed by atoms with Gasteiger partial charge in [0.2, 0.25) is 0 Å². The summed E-state index contributed by atoms with van der Waals surface area (Å²) in [4.78, 5) is 11.1. The van der Waals surface area contributed by atoms with Gasteiger partial charge in [0, 0.05) is 7.11 Å². The average Bonchev–Trinajstić information content (AvgIpc) is 2.01. The average molecular weight is 202 g/mol. The molecule has 0 aromatic heterocycles. The summed E-state index contributed by atoms with van der Waals surface area (Å²) in [7, 11) is 3.11. The van der Waals surface area contributed by atoms with Gasteiger partial charge in [0.05, 0.1) is 19.1 Å². The minimum absolute atomic E-state index is 0.0907. The van der Waals surface area contributed by atoms with Crippen LogP contribution in [0.3, 0.4) is 0 Å². The second-order valence-electron chi connectivity index (χ2n) is 5.06. The molecule has 0 saturated carbocycles. The second kappa shape index (κ2) is 4.78. The van der Waals surface area contributed by atoms with E-state index in [9.17, 15) is 4.79 Å². The van der Waals surface area contributed by atoms with E-state index in [1.165, 1.54) is 7.11 Å². The molecule has 0 bridgehead atoms. The molecule has 0 radical (unpaired) electrons. The molecule has 0 fully saturated rings. The molecule has 84 valence electrons. The lowest BCUT2D eigenvalue weighted by Crippen LogP contribution is -2.32.